The molecule has 0 unspecified atom stereocenters. The molecule has 8 nitrogen and oxygen atoms in total. The molecule has 0 bridgehead atoms. The number of carbonyl (C=O) groups is 1. The number of carbonyl (C=O) groups excluding carboxylic acids is 1. The summed E-state index contributed by atoms with van der Waals surface area (Å²) in [5.74, 6) is -0.478. The molecule has 1 amide bonds. The zero-order valence-electron chi connectivity index (χ0n) is 13.8. The fourth-order valence-electron chi connectivity index (χ4n) is 1.89. The van der Waals surface area contributed by atoms with Gasteiger partial charge in [0, 0.05) is 24.7 Å². The number of rotatable bonds is 5. The number of nitrogens with zero attached hydrogens (tertiary/aromatic N) is 4. The number of benzene rings is 1. The van der Waals surface area contributed by atoms with Gasteiger partial charge in [-0.25, -0.2) is 14.9 Å². The van der Waals surface area contributed by atoms with Crippen molar-refractivity contribution in [2.45, 2.75) is 11.9 Å². The molecule has 0 fully saturated rings. The lowest BCUT2D eigenvalue weighted by Gasteiger charge is -2.06. The van der Waals surface area contributed by atoms with E-state index in [1.807, 2.05) is 6.07 Å². The molecule has 0 aliphatic heterocycles. The van der Waals surface area contributed by atoms with Crippen LogP contribution in [0.2, 0.25) is 5.02 Å². The summed E-state index contributed by atoms with van der Waals surface area (Å²) in [5.41, 5.74) is 2.60. The highest BCUT2D eigenvalue weighted by Gasteiger charge is 2.11. The van der Waals surface area contributed by atoms with E-state index in [9.17, 15) is 14.4 Å². The van der Waals surface area contributed by atoms with Crippen molar-refractivity contribution < 1.29 is 4.79 Å². The summed E-state index contributed by atoms with van der Waals surface area (Å²) in [4.78, 5) is 35.4. The Balaban J connectivity index is 2.03. The number of hydrogen-bond acceptors (Lipinski definition) is 6. The predicted molar refractivity (Wildman–Crippen MR) is 97.2 cm³/mol. The van der Waals surface area contributed by atoms with Crippen LogP contribution in [-0.2, 0) is 18.9 Å². The van der Waals surface area contributed by atoms with Gasteiger partial charge in [0.25, 0.3) is 5.56 Å². The van der Waals surface area contributed by atoms with Crippen molar-refractivity contribution in [3.05, 3.63) is 55.7 Å². The normalized spacial score (nSPS) is 11.4. The smallest absolute Gasteiger partial charge is 0.272 e. The Hall–Kier alpha value is -2.39. The molecule has 0 aliphatic carbocycles. The summed E-state index contributed by atoms with van der Waals surface area (Å²) in [7, 11) is 2.79. The van der Waals surface area contributed by atoms with Crippen LogP contribution >= 0.6 is 23.4 Å². The highest BCUT2D eigenvalue weighted by molar-refractivity contribution is 7.99. The van der Waals surface area contributed by atoms with Gasteiger partial charge in [-0.1, -0.05) is 41.6 Å². The second kappa shape index (κ2) is 8.13. The van der Waals surface area contributed by atoms with Crippen molar-refractivity contribution in [1.82, 2.24) is 19.8 Å². The van der Waals surface area contributed by atoms with Crippen LogP contribution in [0.15, 0.2) is 44.0 Å². The monoisotopic (exact) mass is 381 g/mol. The molecule has 0 atom stereocenters. The van der Waals surface area contributed by atoms with Gasteiger partial charge in [-0.2, -0.15) is 10.2 Å². The predicted octanol–water partition coefficient (Wildman–Crippen LogP) is 0.765. The van der Waals surface area contributed by atoms with Gasteiger partial charge in [0.1, 0.15) is 0 Å². The quantitative estimate of drug-likeness (QED) is 0.468. The summed E-state index contributed by atoms with van der Waals surface area (Å²) in [6, 6.07) is 7.14. The molecular weight excluding hydrogens is 366 g/mol. The third-order valence-electron chi connectivity index (χ3n) is 3.24. The average molecular weight is 382 g/mol. The topological polar surface area (TPSA) is 98.3 Å². The summed E-state index contributed by atoms with van der Waals surface area (Å²) in [6.07, 6.45) is 0. The van der Waals surface area contributed by atoms with Crippen LogP contribution in [0.25, 0.3) is 0 Å². The Morgan fingerprint density at radius 1 is 1.32 bits per heavy atom. The van der Waals surface area contributed by atoms with E-state index >= 15 is 0 Å². The number of thioether (sulfide) groups is 1. The largest absolute Gasteiger partial charge is 0.346 e. The van der Waals surface area contributed by atoms with E-state index in [4.69, 9.17) is 11.6 Å². The molecule has 0 saturated carbocycles. The van der Waals surface area contributed by atoms with Gasteiger partial charge in [-0.05, 0) is 13.0 Å². The molecule has 132 valence electrons. The minimum atomic E-state index is -0.545. The van der Waals surface area contributed by atoms with Crippen LogP contribution in [-0.4, -0.2) is 31.7 Å². The first kappa shape index (κ1) is 18.9. The van der Waals surface area contributed by atoms with Crippen LogP contribution in [0, 0.1) is 0 Å². The van der Waals surface area contributed by atoms with E-state index in [2.05, 4.69) is 15.6 Å². The number of hydrogen-bond donors (Lipinski definition) is 1. The van der Waals surface area contributed by atoms with E-state index in [1.54, 1.807) is 25.1 Å². The lowest BCUT2D eigenvalue weighted by Crippen LogP contribution is -2.39. The van der Waals surface area contributed by atoms with Crippen molar-refractivity contribution >= 4 is 35.0 Å². The lowest BCUT2D eigenvalue weighted by atomic mass is 10.1. The summed E-state index contributed by atoms with van der Waals surface area (Å²) >= 11 is 7.00. The maximum atomic E-state index is 11.9. The molecule has 0 spiro atoms. The first-order valence-corrected chi connectivity index (χ1v) is 8.52. The second-order valence-corrected chi connectivity index (χ2v) is 6.45. The maximum absolute atomic E-state index is 11.9. The van der Waals surface area contributed by atoms with Crippen LogP contribution < -0.4 is 16.7 Å². The van der Waals surface area contributed by atoms with E-state index in [-0.39, 0.29) is 10.8 Å². The van der Waals surface area contributed by atoms with E-state index in [1.165, 1.54) is 14.1 Å². The first-order valence-electron chi connectivity index (χ1n) is 7.16. The van der Waals surface area contributed by atoms with E-state index in [0.717, 1.165) is 21.0 Å². The van der Waals surface area contributed by atoms with Crippen molar-refractivity contribution in [2.24, 2.45) is 19.2 Å². The van der Waals surface area contributed by atoms with Gasteiger partial charge in [-0.15, -0.1) is 0 Å². The van der Waals surface area contributed by atoms with Crippen molar-refractivity contribution in [3.8, 4) is 0 Å². The zero-order chi connectivity index (χ0) is 18.6. The third kappa shape index (κ3) is 4.58. The van der Waals surface area contributed by atoms with Gasteiger partial charge in [-0.3, -0.25) is 14.2 Å². The second-order valence-electron chi connectivity index (χ2n) is 5.08. The molecule has 1 aromatic carbocycles. The van der Waals surface area contributed by atoms with E-state index < -0.39 is 17.2 Å². The van der Waals surface area contributed by atoms with Crippen LogP contribution in [0.4, 0.5) is 0 Å². The molecule has 2 rings (SSSR count). The molecule has 1 heterocycles. The molecule has 0 saturated heterocycles. The number of aromatic nitrogens is 3. The van der Waals surface area contributed by atoms with Gasteiger partial charge < -0.3 is 0 Å². The summed E-state index contributed by atoms with van der Waals surface area (Å²) in [6.45, 7) is 1.72. The van der Waals surface area contributed by atoms with Crippen LogP contribution in [0.3, 0.4) is 0 Å². The molecule has 0 radical (unpaired) electrons. The third-order valence-corrected chi connectivity index (χ3v) is 4.51. The SMILES string of the molecule is C/C(=N/NC(=O)CSc1nn(C)c(=O)n(C)c1=O)c1ccccc1Cl. The Labute approximate surface area is 152 Å². The number of hydrazone groups is 1. The Morgan fingerprint density at radius 2 is 2.00 bits per heavy atom. The molecule has 10 heteroatoms. The minimum Gasteiger partial charge on any atom is -0.272 e. The van der Waals surface area contributed by atoms with E-state index in [0.29, 0.717) is 16.3 Å². The summed E-state index contributed by atoms with van der Waals surface area (Å²) < 4.78 is 1.98. The fraction of sp³-hybridized carbons (Fsp3) is 0.267. The maximum Gasteiger partial charge on any atom is 0.346 e. The van der Waals surface area contributed by atoms with Crippen molar-refractivity contribution in [3.63, 3.8) is 0 Å². The molecule has 25 heavy (non-hydrogen) atoms. The molecule has 0 aliphatic rings. The van der Waals surface area contributed by atoms with Gasteiger partial charge in [0.15, 0.2) is 5.03 Å². The molecule has 2 aromatic rings. The highest BCUT2D eigenvalue weighted by Crippen LogP contribution is 2.15. The Morgan fingerprint density at radius 3 is 2.68 bits per heavy atom. The summed E-state index contributed by atoms with van der Waals surface area (Å²) in [5, 5.41) is 8.45. The first-order chi connectivity index (χ1) is 11.8. The highest BCUT2D eigenvalue weighted by atomic mass is 35.5. The standard InChI is InChI=1S/C15H16ClN5O3S/c1-9(10-6-4-5-7-11(10)16)17-18-12(22)8-25-13-14(23)20(2)15(24)21(3)19-13/h4-7H,8H2,1-3H3,(H,18,22)/b17-9-. The Kier molecular flexibility index (Phi) is 6.16. The number of nitrogens with one attached hydrogen (secondary N) is 1. The molecular formula is C15H16ClN5O3S. The Bertz CT molecular complexity index is 951. The van der Waals surface area contributed by atoms with Crippen LogP contribution in [0.5, 0.6) is 0 Å². The lowest BCUT2D eigenvalue weighted by molar-refractivity contribution is -0.118. The van der Waals surface area contributed by atoms with Gasteiger partial charge in [0.05, 0.1) is 11.5 Å². The number of halogens is 1. The molecule has 1 aromatic heterocycles. The van der Waals surface area contributed by atoms with Crippen molar-refractivity contribution in [1.29, 1.82) is 0 Å². The minimum absolute atomic E-state index is 0.0616. The van der Waals surface area contributed by atoms with Crippen LogP contribution in [0.1, 0.15) is 12.5 Å². The average Bonchev–Trinajstić information content (AvgIpc) is 2.60. The fourth-order valence-corrected chi connectivity index (χ4v) is 2.93. The number of amides is 1. The van der Waals surface area contributed by atoms with Crippen molar-refractivity contribution in [2.75, 3.05) is 5.75 Å². The molecule has 1 N–H and O–H groups in total. The van der Waals surface area contributed by atoms with Gasteiger partial charge >= 0.3 is 5.69 Å². The zero-order valence-corrected chi connectivity index (χ0v) is 15.4. The van der Waals surface area contributed by atoms with Gasteiger partial charge in [0.2, 0.25) is 5.91 Å². The number of aryl methyl sites for hydroxylation is 1.